The number of ether oxygens (including phenoxy) is 1. The number of hydrogen-bond acceptors (Lipinski definition) is 4. The van der Waals surface area contributed by atoms with Gasteiger partial charge in [0.25, 0.3) is 0 Å². The predicted molar refractivity (Wildman–Crippen MR) is 42.1 cm³/mol. The molecule has 2 unspecified atom stereocenters. The van der Waals surface area contributed by atoms with Crippen LogP contribution in [0.1, 0.15) is 13.3 Å². The molecule has 4 heteroatoms. The van der Waals surface area contributed by atoms with E-state index in [1.807, 2.05) is 0 Å². The van der Waals surface area contributed by atoms with Crippen molar-refractivity contribution < 1.29 is 19.7 Å². The molecule has 0 aliphatic heterocycles. The van der Waals surface area contributed by atoms with E-state index in [9.17, 15) is 4.79 Å². The number of carbonyl (C=O) groups is 1. The number of terminal acetylenes is 1. The van der Waals surface area contributed by atoms with Gasteiger partial charge in [-0.25, -0.2) is 0 Å². The van der Waals surface area contributed by atoms with Crippen LogP contribution in [0.4, 0.5) is 0 Å². The van der Waals surface area contributed by atoms with Crippen LogP contribution in [-0.2, 0) is 9.53 Å². The average molecular weight is 172 g/mol. The normalized spacial score (nSPS) is 14.5. The Morgan fingerprint density at radius 3 is 2.67 bits per heavy atom. The van der Waals surface area contributed by atoms with E-state index in [2.05, 4.69) is 10.7 Å². The van der Waals surface area contributed by atoms with Gasteiger partial charge in [-0.05, 0) is 0 Å². The molecule has 68 valence electrons. The van der Waals surface area contributed by atoms with Crippen LogP contribution in [0.25, 0.3) is 0 Å². The van der Waals surface area contributed by atoms with Gasteiger partial charge in [-0.1, -0.05) is 12.8 Å². The van der Waals surface area contributed by atoms with Crippen LogP contribution in [0.3, 0.4) is 0 Å². The van der Waals surface area contributed by atoms with Crippen LogP contribution in [-0.4, -0.2) is 35.0 Å². The third-order valence-electron chi connectivity index (χ3n) is 1.25. The molecule has 0 rings (SSSR count). The fourth-order valence-electron chi connectivity index (χ4n) is 0.544. The summed E-state index contributed by atoms with van der Waals surface area (Å²) in [5.74, 6) is 1.57. The van der Waals surface area contributed by atoms with Gasteiger partial charge in [-0.3, -0.25) is 4.79 Å². The molecule has 0 bridgehead atoms. The van der Waals surface area contributed by atoms with Crippen molar-refractivity contribution in [2.45, 2.75) is 25.6 Å². The van der Waals surface area contributed by atoms with Crippen molar-refractivity contribution in [2.75, 3.05) is 6.61 Å². The van der Waals surface area contributed by atoms with Gasteiger partial charge in [0.2, 0.25) is 0 Å². The molecule has 2 atom stereocenters. The Kier molecular flexibility index (Phi) is 5.09. The van der Waals surface area contributed by atoms with Crippen molar-refractivity contribution in [3.8, 4) is 12.3 Å². The Bertz CT molecular complexity index is 182. The lowest BCUT2D eigenvalue weighted by molar-refractivity contribution is -0.151. The highest BCUT2D eigenvalue weighted by molar-refractivity contribution is 5.69. The van der Waals surface area contributed by atoms with E-state index in [1.165, 1.54) is 0 Å². The number of hydrogen-bond donors (Lipinski definition) is 2. The summed E-state index contributed by atoms with van der Waals surface area (Å²) in [5.41, 5.74) is 0. The quantitative estimate of drug-likeness (QED) is 0.434. The van der Waals surface area contributed by atoms with Crippen molar-refractivity contribution in [1.82, 2.24) is 0 Å². The lowest BCUT2D eigenvalue weighted by atomic mass is 10.2. The molecule has 0 aliphatic rings. The summed E-state index contributed by atoms with van der Waals surface area (Å²) >= 11 is 0. The van der Waals surface area contributed by atoms with Crippen molar-refractivity contribution in [2.24, 2.45) is 0 Å². The molecule has 0 aliphatic carbocycles. The highest BCUT2D eigenvalue weighted by Crippen LogP contribution is 1.99. The molecular weight excluding hydrogens is 160 g/mol. The number of aliphatic hydroxyl groups excluding tert-OH is 2. The second-order valence-electron chi connectivity index (χ2n) is 2.18. The van der Waals surface area contributed by atoms with E-state index >= 15 is 0 Å². The second kappa shape index (κ2) is 5.58. The summed E-state index contributed by atoms with van der Waals surface area (Å²) in [6.07, 6.45) is 2.89. The van der Waals surface area contributed by atoms with Gasteiger partial charge in [-0.2, -0.15) is 0 Å². The van der Waals surface area contributed by atoms with Gasteiger partial charge >= 0.3 is 5.97 Å². The minimum atomic E-state index is -1.20. The van der Waals surface area contributed by atoms with Gasteiger partial charge in [0.1, 0.15) is 6.10 Å². The Labute approximate surface area is 71.2 Å². The van der Waals surface area contributed by atoms with Crippen LogP contribution >= 0.6 is 0 Å². The molecule has 0 spiro atoms. The molecule has 0 aromatic heterocycles. The van der Waals surface area contributed by atoms with Gasteiger partial charge < -0.3 is 14.9 Å². The van der Waals surface area contributed by atoms with Crippen molar-refractivity contribution in [1.29, 1.82) is 0 Å². The second-order valence-corrected chi connectivity index (χ2v) is 2.18. The summed E-state index contributed by atoms with van der Waals surface area (Å²) in [6.45, 7) is 1.09. The smallest absolute Gasteiger partial charge is 0.306 e. The van der Waals surface area contributed by atoms with Gasteiger partial charge in [0.05, 0.1) is 6.61 Å². The molecule has 0 saturated carbocycles. The molecule has 0 amide bonds. The molecule has 0 radical (unpaired) electrons. The zero-order chi connectivity index (χ0) is 9.56. The number of aliphatic hydroxyl groups is 2. The van der Waals surface area contributed by atoms with Crippen LogP contribution < -0.4 is 0 Å². The Hall–Kier alpha value is -1.05. The van der Waals surface area contributed by atoms with E-state index in [0.29, 0.717) is 0 Å². The van der Waals surface area contributed by atoms with Crippen LogP contribution in [0.5, 0.6) is 0 Å². The van der Waals surface area contributed by atoms with Crippen LogP contribution in [0.15, 0.2) is 0 Å². The lowest BCUT2D eigenvalue weighted by Gasteiger charge is -2.15. The van der Waals surface area contributed by atoms with Crippen molar-refractivity contribution >= 4 is 5.97 Å². The molecular formula is C8H12O4. The van der Waals surface area contributed by atoms with Gasteiger partial charge in [-0.15, -0.1) is 6.42 Å². The molecule has 0 aromatic rings. The molecule has 0 aromatic carbocycles. The number of carbonyl (C=O) groups excluding carboxylic acids is 1. The third kappa shape index (κ3) is 3.37. The summed E-state index contributed by atoms with van der Waals surface area (Å²) in [6, 6.07) is 0. The maximum Gasteiger partial charge on any atom is 0.306 e. The SMILES string of the molecule is C#CC(OC(=O)CC)C(O)CO. The largest absolute Gasteiger partial charge is 0.446 e. The highest BCUT2D eigenvalue weighted by Gasteiger charge is 2.19. The van der Waals surface area contributed by atoms with Crippen LogP contribution in [0, 0.1) is 12.3 Å². The first-order valence-corrected chi connectivity index (χ1v) is 3.60. The van der Waals surface area contributed by atoms with Gasteiger partial charge in [0.15, 0.2) is 6.10 Å². The third-order valence-corrected chi connectivity index (χ3v) is 1.25. The van der Waals surface area contributed by atoms with Crippen LogP contribution in [0.2, 0.25) is 0 Å². The monoisotopic (exact) mass is 172 g/mol. The van der Waals surface area contributed by atoms with Gasteiger partial charge in [0, 0.05) is 6.42 Å². The van der Waals surface area contributed by atoms with E-state index in [4.69, 9.17) is 16.6 Å². The summed E-state index contributed by atoms with van der Waals surface area (Å²) in [7, 11) is 0. The minimum absolute atomic E-state index is 0.191. The fourth-order valence-corrected chi connectivity index (χ4v) is 0.544. The molecule has 2 N–H and O–H groups in total. The van der Waals surface area contributed by atoms with E-state index < -0.39 is 24.8 Å². The molecule has 0 saturated heterocycles. The summed E-state index contributed by atoms with van der Waals surface area (Å²) < 4.78 is 4.62. The Morgan fingerprint density at radius 2 is 2.33 bits per heavy atom. The summed E-state index contributed by atoms with van der Waals surface area (Å²) in [5, 5.41) is 17.5. The summed E-state index contributed by atoms with van der Waals surface area (Å²) in [4.78, 5) is 10.7. The number of esters is 1. The average Bonchev–Trinajstić information content (AvgIpc) is 2.12. The Balaban J connectivity index is 4.01. The zero-order valence-electron chi connectivity index (χ0n) is 6.86. The molecule has 0 fully saturated rings. The topological polar surface area (TPSA) is 66.8 Å². The first-order chi connectivity index (χ1) is 5.65. The maximum absolute atomic E-state index is 10.7. The van der Waals surface area contributed by atoms with Crippen molar-refractivity contribution in [3.05, 3.63) is 0 Å². The fraction of sp³-hybridized carbons (Fsp3) is 0.625. The molecule has 12 heavy (non-hydrogen) atoms. The minimum Gasteiger partial charge on any atom is -0.446 e. The lowest BCUT2D eigenvalue weighted by Crippen LogP contribution is -2.32. The zero-order valence-corrected chi connectivity index (χ0v) is 6.86. The number of rotatable bonds is 4. The van der Waals surface area contributed by atoms with E-state index in [-0.39, 0.29) is 6.42 Å². The molecule has 0 heterocycles. The first kappa shape index (κ1) is 11.0. The van der Waals surface area contributed by atoms with Crippen molar-refractivity contribution in [3.63, 3.8) is 0 Å². The molecule has 4 nitrogen and oxygen atoms in total. The van der Waals surface area contributed by atoms with E-state index in [0.717, 1.165) is 0 Å². The predicted octanol–water partition coefficient (Wildman–Crippen LogP) is -0.705. The first-order valence-electron chi connectivity index (χ1n) is 3.60. The maximum atomic E-state index is 10.7. The Morgan fingerprint density at radius 1 is 1.75 bits per heavy atom. The standard InChI is InChI=1S/C8H12O4/c1-3-7(6(10)5-9)12-8(11)4-2/h1,6-7,9-10H,4-5H2,2H3. The highest BCUT2D eigenvalue weighted by atomic mass is 16.6. The van der Waals surface area contributed by atoms with E-state index in [1.54, 1.807) is 6.92 Å².